The average molecular weight is 261 g/mol. The van der Waals surface area contributed by atoms with Crippen LogP contribution >= 0.6 is 11.6 Å². The van der Waals surface area contributed by atoms with E-state index in [1.807, 2.05) is 6.92 Å². The Morgan fingerprint density at radius 3 is 2.44 bits per heavy atom. The van der Waals surface area contributed by atoms with Crippen molar-refractivity contribution in [3.63, 3.8) is 0 Å². The molecule has 18 heavy (non-hydrogen) atoms. The zero-order valence-electron chi connectivity index (χ0n) is 9.50. The highest BCUT2D eigenvalue weighted by Gasteiger charge is 2.17. The normalized spacial score (nSPS) is 11.0. The van der Waals surface area contributed by atoms with Gasteiger partial charge in [0.25, 0.3) is 0 Å². The summed E-state index contributed by atoms with van der Waals surface area (Å²) in [6, 6.07) is 3.45. The van der Waals surface area contributed by atoms with Crippen molar-refractivity contribution in [2.75, 3.05) is 0 Å². The van der Waals surface area contributed by atoms with E-state index < -0.39 is 0 Å². The third-order valence-electron chi connectivity index (χ3n) is 2.74. The largest absolute Gasteiger partial charge is 0.493 e. The molecule has 0 unspecified atom stereocenters. The topological polar surface area (TPSA) is 63.8 Å². The van der Waals surface area contributed by atoms with Crippen molar-refractivity contribution in [3.8, 4) is 11.7 Å². The molecule has 0 aromatic carbocycles. The molecule has 0 aliphatic carbocycles. The number of hydrogen-bond donors (Lipinski definition) is 1. The SMILES string of the molecule is Cc1c2nccnc2c(O)n1-c1ccc(Cl)cn1. The van der Waals surface area contributed by atoms with Crippen LogP contribution in [0.4, 0.5) is 0 Å². The van der Waals surface area contributed by atoms with Gasteiger partial charge in [-0.3, -0.25) is 9.55 Å². The molecule has 5 nitrogen and oxygen atoms in total. The first-order valence-electron chi connectivity index (χ1n) is 5.31. The Hall–Kier alpha value is -2.14. The van der Waals surface area contributed by atoms with Crippen LogP contribution in [0.1, 0.15) is 5.69 Å². The van der Waals surface area contributed by atoms with Crippen molar-refractivity contribution >= 4 is 22.6 Å². The fourth-order valence-corrected chi connectivity index (χ4v) is 2.03. The molecule has 1 N–H and O–H groups in total. The predicted octanol–water partition coefficient (Wildman–Crippen LogP) is 2.48. The molecule has 0 saturated heterocycles. The summed E-state index contributed by atoms with van der Waals surface area (Å²) in [6.07, 6.45) is 4.66. The van der Waals surface area contributed by atoms with Crippen LogP contribution in [0, 0.1) is 6.92 Å². The Morgan fingerprint density at radius 1 is 1.11 bits per heavy atom. The van der Waals surface area contributed by atoms with Gasteiger partial charge in [-0.1, -0.05) is 11.6 Å². The molecule has 3 rings (SSSR count). The molecule has 0 fully saturated rings. The Kier molecular flexibility index (Phi) is 2.41. The Bertz CT molecular complexity index is 682. The van der Waals surface area contributed by atoms with Crippen LogP contribution in [0.3, 0.4) is 0 Å². The van der Waals surface area contributed by atoms with E-state index in [2.05, 4.69) is 15.0 Å². The number of hydrogen-bond acceptors (Lipinski definition) is 4. The van der Waals surface area contributed by atoms with Crippen LogP contribution in [0.15, 0.2) is 30.7 Å². The molecular formula is C12H9ClN4O. The monoisotopic (exact) mass is 260 g/mol. The molecule has 90 valence electrons. The van der Waals surface area contributed by atoms with Gasteiger partial charge in [0.2, 0.25) is 5.88 Å². The lowest BCUT2D eigenvalue weighted by Crippen LogP contribution is -1.98. The van der Waals surface area contributed by atoms with E-state index in [-0.39, 0.29) is 5.88 Å². The lowest BCUT2D eigenvalue weighted by atomic mass is 10.4. The fraction of sp³-hybridized carbons (Fsp3) is 0.0833. The maximum Gasteiger partial charge on any atom is 0.226 e. The smallest absolute Gasteiger partial charge is 0.226 e. The van der Waals surface area contributed by atoms with E-state index in [0.717, 1.165) is 5.69 Å². The summed E-state index contributed by atoms with van der Waals surface area (Å²) in [5.74, 6) is 0.611. The third kappa shape index (κ3) is 1.52. The minimum absolute atomic E-state index is 0.0328. The van der Waals surface area contributed by atoms with Gasteiger partial charge in [0, 0.05) is 18.6 Å². The summed E-state index contributed by atoms with van der Waals surface area (Å²) in [6.45, 7) is 1.85. The highest BCUT2D eigenvalue weighted by Crippen LogP contribution is 2.30. The average Bonchev–Trinajstić information content (AvgIpc) is 2.64. The summed E-state index contributed by atoms with van der Waals surface area (Å²) in [4.78, 5) is 12.5. The van der Waals surface area contributed by atoms with Crippen molar-refractivity contribution in [2.24, 2.45) is 0 Å². The van der Waals surface area contributed by atoms with Crippen LogP contribution < -0.4 is 0 Å². The zero-order chi connectivity index (χ0) is 12.7. The lowest BCUT2D eigenvalue weighted by molar-refractivity contribution is 0.444. The highest BCUT2D eigenvalue weighted by molar-refractivity contribution is 6.30. The first-order chi connectivity index (χ1) is 8.68. The Morgan fingerprint density at radius 2 is 1.83 bits per heavy atom. The second-order valence-corrected chi connectivity index (χ2v) is 4.27. The lowest BCUT2D eigenvalue weighted by Gasteiger charge is -2.05. The van der Waals surface area contributed by atoms with Crippen molar-refractivity contribution in [2.45, 2.75) is 6.92 Å². The molecule has 3 aromatic heterocycles. The molecule has 0 atom stereocenters. The van der Waals surface area contributed by atoms with Crippen molar-refractivity contribution in [1.82, 2.24) is 19.5 Å². The van der Waals surface area contributed by atoms with Gasteiger partial charge in [-0.2, -0.15) is 0 Å². The minimum Gasteiger partial charge on any atom is -0.493 e. The molecular weight excluding hydrogens is 252 g/mol. The van der Waals surface area contributed by atoms with E-state index in [9.17, 15) is 5.11 Å². The van der Waals surface area contributed by atoms with Crippen LogP contribution in [-0.4, -0.2) is 24.6 Å². The quantitative estimate of drug-likeness (QED) is 0.730. The van der Waals surface area contributed by atoms with Gasteiger partial charge in [0.1, 0.15) is 11.3 Å². The fourth-order valence-electron chi connectivity index (χ4n) is 1.92. The number of aromatic hydroxyl groups is 1. The van der Waals surface area contributed by atoms with Gasteiger partial charge in [0.15, 0.2) is 5.52 Å². The zero-order valence-corrected chi connectivity index (χ0v) is 10.3. The number of halogens is 1. The molecule has 6 heteroatoms. The third-order valence-corrected chi connectivity index (χ3v) is 2.96. The molecule has 0 spiro atoms. The van der Waals surface area contributed by atoms with Gasteiger partial charge in [-0.05, 0) is 19.1 Å². The number of fused-ring (bicyclic) bond motifs is 1. The van der Waals surface area contributed by atoms with Crippen LogP contribution in [0.25, 0.3) is 16.9 Å². The molecule has 0 aliphatic heterocycles. The number of nitrogens with zero attached hydrogens (tertiary/aromatic N) is 4. The van der Waals surface area contributed by atoms with E-state index in [1.54, 1.807) is 29.1 Å². The van der Waals surface area contributed by atoms with Gasteiger partial charge in [-0.25, -0.2) is 9.97 Å². The molecule has 0 radical (unpaired) electrons. The van der Waals surface area contributed by atoms with Crippen LogP contribution in [0.5, 0.6) is 5.88 Å². The highest BCUT2D eigenvalue weighted by atomic mass is 35.5. The van der Waals surface area contributed by atoms with Gasteiger partial charge in [0.05, 0.1) is 10.7 Å². The summed E-state index contributed by atoms with van der Waals surface area (Å²) >= 11 is 5.80. The van der Waals surface area contributed by atoms with Gasteiger partial charge >= 0.3 is 0 Å². The van der Waals surface area contributed by atoms with Crippen molar-refractivity contribution in [1.29, 1.82) is 0 Å². The standard InChI is InChI=1S/C12H9ClN4O/c1-7-10-11(15-5-4-14-10)12(18)17(7)9-3-2-8(13)6-16-9/h2-6,18H,1H3. The number of aromatic nitrogens is 4. The first kappa shape index (κ1) is 11.0. The number of pyridine rings is 1. The molecule has 0 bridgehead atoms. The maximum absolute atomic E-state index is 10.2. The predicted molar refractivity (Wildman–Crippen MR) is 68.1 cm³/mol. The summed E-state index contributed by atoms with van der Waals surface area (Å²) in [5, 5.41) is 10.7. The summed E-state index contributed by atoms with van der Waals surface area (Å²) < 4.78 is 1.60. The molecule has 3 aromatic rings. The first-order valence-corrected chi connectivity index (χ1v) is 5.69. The second-order valence-electron chi connectivity index (χ2n) is 3.83. The summed E-state index contributed by atoms with van der Waals surface area (Å²) in [5.41, 5.74) is 1.91. The maximum atomic E-state index is 10.2. The van der Waals surface area contributed by atoms with Gasteiger partial charge in [-0.15, -0.1) is 0 Å². The van der Waals surface area contributed by atoms with E-state index in [4.69, 9.17) is 11.6 Å². The second kappa shape index (κ2) is 3.96. The van der Waals surface area contributed by atoms with Gasteiger partial charge < -0.3 is 5.11 Å². The van der Waals surface area contributed by atoms with Crippen LogP contribution in [0.2, 0.25) is 5.02 Å². The molecule has 3 heterocycles. The molecule has 0 saturated carbocycles. The molecule has 0 amide bonds. The summed E-state index contributed by atoms with van der Waals surface area (Å²) in [7, 11) is 0. The minimum atomic E-state index is 0.0328. The number of aryl methyl sites for hydroxylation is 1. The van der Waals surface area contributed by atoms with E-state index >= 15 is 0 Å². The van der Waals surface area contributed by atoms with E-state index in [1.165, 1.54) is 6.20 Å². The van der Waals surface area contributed by atoms with Crippen LogP contribution in [-0.2, 0) is 0 Å². The van der Waals surface area contributed by atoms with Crippen molar-refractivity contribution < 1.29 is 5.11 Å². The Labute approximate surface area is 108 Å². The number of rotatable bonds is 1. The van der Waals surface area contributed by atoms with E-state index in [0.29, 0.717) is 21.9 Å². The Balaban J connectivity index is 2.32. The molecule has 0 aliphatic rings. The van der Waals surface area contributed by atoms with Crippen molar-refractivity contribution in [3.05, 3.63) is 41.4 Å².